The van der Waals surface area contributed by atoms with Gasteiger partial charge < -0.3 is 10.1 Å². The van der Waals surface area contributed by atoms with E-state index in [1.807, 2.05) is 6.92 Å². The maximum absolute atomic E-state index is 12.1. The number of anilines is 1. The van der Waals surface area contributed by atoms with E-state index < -0.39 is 10.0 Å². The number of carbonyl (C=O) groups is 1. The largest absolute Gasteiger partial charge is 0.495 e. The van der Waals surface area contributed by atoms with Crippen LogP contribution in [0.4, 0.5) is 5.69 Å². The van der Waals surface area contributed by atoms with E-state index in [4.69, 9.17) is 16.3 Å². The van der Waals surface area contributed by atoms with Crippen LogP contribution < -0.4 is 10.1 Å². The van der Waals surface area contributed by atoms with E-state index in [0.29, 0.717) is 29.5 Å². The van der Waals surface area contributed by atoms with Crippen LogP contribution in [0, 0.1) is 6.92 Å². The summed E-state index contributed by atoms with van der Waals surface area (Å²) in [4.78, 5) is 12.1. The number of nitrogens with one attached hydrogen (secondary N) is 1. The summed E-state index contributed by atoms with van der Waals surface area (Å²) in [6.07, 6.45) is 1.67. The number of halogens is 1. The molecule has 1 heterocycles. The maximum Gasteiger partial charge on any atom is 0.225 e. The monoisotopic (exact) mass is 360 g/mol. The summed E-state index contributed by atoms with van der Waals surface area (Å²) >= 11 is 6.02. The van der Waals surface area contributed by atoms with E-state index in [9.17, 15) is 13.2 Å². The van der Waals surface area contributed by atoms with Crippen LogP contribution in [0.2, 0.25) is 5.02 Å². The van der Waals surface area contributed by atoms with Crippen molar-refractivity contribution in [3.05, 3.63) is 22.7 Å². The zero-order valence-electron chi connectivity index (χ0n) is 13.3. The Bertz CT molecular complexity index is 685. The Hall–Kier alpha value is -1.31. The number of sulfonamides is 1. The molecule has 0 bridgehead atoms. The Morgan fingerprint density at radius 1 is 1.35 bits per heavy atom. The van der Waals surface area contributed by atoms with Gasteiger partial charge in [-0.3, -0.25) is 4.79 Å². The first-order valence-corrected chi connectivity index (χ1v) is 9.44. The lowest BCUT2D eigenvalue weighted by atomic mass is 10.2. The smallest absolute Gasteiger partial charge is 0.225 e. The summed E-state index contributed by atoms with van der Waals surface area (Å²) < 4.78 is 30.9. The first-order valence-electron chi connectivity index (χ1n) is 7.45. The van der Waals surface area contributed by atoms with Crippen molar-refractivity contribution in [1.29, 1.82) is 0 Å². The fourth-order valence-corrected chi connectivity index (χ4v) is 4.13. The molecule has 0 atom stereocenters. The van der Waals surface area contributed by atoms with Crippen LogP contribution >= 0.6 is 11.6 Å². The molecule has 1 aliphatic heterocycles. The Morgan fingerprint density at radius 2 is 2.00 bits per heavy atom. The van der Waals surface area contributed by atoms with Gasteiger partial charge in [-0.25, -0.2) is 12.7 Å². The molecule has 0 aromatic heterocycles. The van der Waals surface area contributed by atoms with Gasteiger partial charge in [-0.1, -0.05) is 11.6 Å². The molecule has 1 amide bonds. The number of benzene rings is 1. The molecule has 2 rings (SSSR count). The van der Waals surface area contributed by atoms with Crippen LogP contribution in [-0.2, 0) is 14.8 Å². The number of hydrogen-bond acceptors (Lipinski definition) is 4. The van der Waals surface area contributed by atoms with Gasteiger partial charge in [0.05, 0.1) is 18.6 Å². The lowest BCUT2D eigenvalue weighted by molar-refractivity contribution is -0.115. The number of rotatable bonds is 6. The molecular formula is C15H21ClN2O4S. The lowest BCUT2D eigenvalue weighted by Gasteiger charge is -2.16. The van der Waals surface area contributed by atoms with E-state index in [0.717, 1.165) is 18.4 Å². The van der Waals surface area contributed by atoms with Gasteiger partial charge in [-0.05, 0) is 31.4 Å². The summed E-state index contributed by atoms with van der Waals surface area (Å²) in [5.74, 6) is -0.114. The molecule has 0 saturated carbocycles. The highest BCUT2D eigenvalue weighted by atomic mass is 35.5. The van der Waals surface area contributed by atoms with Crippen LogP contribution in [0.15, 0.2) is 12.1 Å². The lowest BCUT2D eigenvalue weighted by Crippen LogP contribution is -2.31. The summed E-state index contributed by atoms with van der Waals surface area (Å²) in [5, 5.41) is 3.23. The Labute approximate surface area is 141 Å². The number of amides is 1. The normalized spacial score (nSPS) is 15.6. The average Bonchev–Trinajstić information content (AvgIpc) is 3.04. The van der Waals surface area contributed by atoms with Gasteiger partial charge >= 0.3 is 0 Å². The predicted octanol–water partition coefficient (Wildman–Crippen LogP) is 2.41. The first-order chi connectivity index (χ1) is 10.8. The number of hydrogen-bond donors (Lipinski definition) is 1. The third-order valence-electron chi connectivity index (χ3n) is 3.80. The van der Waals surface area contributed by atoms with Crippen molar-refractivity contribution in [2.75, 3.05) is 31.3 Å². The topological polar surface area (TPSA) is 75.7 Å². The van der Waals surface area contributed by atoms with E-state index >= 15 is 0 Å². The standard InChI is InChI=1S/C15H21ClN2O4S/c1-11-9-13(14(22-2)10-12(11)16)17-15(19)5-8-23(20,21)18-6-3-4-7-18/h9-10H,3-8H2,1-2H3,(H,17,19). The van der Waals surface area contributed by atoms with Crippen LogP contribution in [0.5, 0.6) is 5.75 Å². The van der Waals surface area contributed by atoms with Crippen LogP contribution in [0.3, 0.4) is 0 Å². The van der Waals surface area contributed by atoms with Crippen LogP contribution in [-0.4, -0.2) is 44.6 Å². The van der Waals surface area contributed by atoms with E-state index in [2.05, 4.69) is 5.32 Å². The molecule has 6 nitrogen and oxygen atoms in total. The fourth-order valence-electron chi connectivity index (χ4n) is 2.46. The number of carbonyl (C=O) groups excluding carboxylic acids is 1. The van der Waals surface area contributed by atoms with Gasteiger partial charge in [-0.15, -0.1) is 0 Å². The predicted molar refractivity (Wildman–Crippen MR) is 90.6 cm³/mol. The molecule has 1 fully saturated rings. The number of aryl methyl sites for hydroxylation is 1. The summed E-state index contributed by atoms with van der Waals surface area (Å²) in [6.45, 7) is 2.91. The van der Waals surface area contributed by atoms with Crippen molar-refractivity contribution in [1.82, 2.24) is 4.31 Å². The minimum atomic E-state index is -3.36. The van der Waals surface area contributed by atoms with Gasteiger partial charge in [-0.2, -0.15) is 0 Å². The second-order valence-corrected chi connectivity index (χ2v) is 8.02. The molecule has 23 heavy (non-hydrogen) atoms. The van der Waals surface area contributed by atoms with Crippen molar-refractivity contribution < 1.29 is 17.9 Å². The molecule has 0 aliphatic carbocycles. The third-order valence-corrected chi connectivity index (χ3v) is 6.08. The zero-order valence-corrected chi connectivity index (χ0v) is 14.8. The molecule has 1 N–H and O–H groups in total. The number of methoxy groups -OCH3 is 1. The molecule has 1 saturated heterocycles. The zero-order chi connectivity index (χ0) is 17.0. The molecule has 128 valence electrons. The van der Waals surface area contributed by atoms with E-state index in [1.54, 1.807) is 12.1 Å². The molecule has 0 unspecified atom stereocenters. The SMILES string of the molecule is COc1cc(Cl)c(C)cc1NC(=O)CCS(=O)(=O)N1CCCC1. The van der Waals surface area contributed by atoms with Crippen molar-refractivity contribution >= 4 is 33.2 Å². The summed E-state index contributed by atoms with van der Waals surface area (Å²) in [5.41, 5.74) is 1.28. The minimum Gasteiger partial charge on any atom is -0.495 e. The highest BCUT2D eigenvalue weighted by Gasteiger charge is 2.25. The Kier molecular flexibility index (Phi) is 5.89. The molecule has 0 spiro atoms. The third kappa shape index (κ3) is 4.59. The van der Waals surface area contributed by atoms with Gasteiger partial charge in [0.15, 0.2) is 0 Å². The van der Waals surface area contributed by atoms with E-state index in [1.165, 1.54) is 11.4 Å². The molecular weight excluding hydrogens is 340 g/mol. The highest BCUT2D eigenvalue weighted by Crippen LogP contribution is 2.31. The van der Waals surface area contributed by atoms with Gasteiger partial charge in [0.2, 0.25) is 15.9 Å². The number of ether oxygens (including phenoxy) is 1. The Balaban J connectivity index is 1.98. The minimum absolute atomic E-state index is 0.0936. The van der Waals surface area contributed by atoms with Crippen molar-refractivity contribution in [3.8, 4) is 5.75 Å². The first kappa shape index (κ1) is 18.0. The van der Waals surface area contributed by atoms with Crippen LogP contribution in [0.1, 0.15) is 24.8 Å². The van der Waals surface area contributed by atoms with E-state index in [-0.39, 0.29) is 18.1 Å². The molecule has 1 aromatic carbocycles. The van der Waals surface area contributed by atoms with Gasteiger partial charge in [0, 0.05) is 30.6 Å². The molecule has 1 aliphatic rings. The summed E-state index contributed by atoms with van der Waals surface area (Å²) in [6, 6.07) is 3.32. The quantitative estimate of drug-likeness (QED) is 0.845. The molecule has 8 heteroatoms. The highest BCUT2D eigenvalue weighted by molar-refractivity contribution is 7.89. The number of nitrogens with zero attached hydrogens (tertiary/aromatic N) is 1. The second-order valence-electron chi connectivity index (χ2n) is 5.52. The average molecular weight is 361 g/mol. The van der Waals surface area contributed by atoms with Crippen LogP contribution in [0.25, 0.3) is 0 Å². The molecule has 0 radical (unpaired) electrons. The fraction of sp³-hybridized carbons (Fsp3) is 0.533. The van der Waals surface area contributed by atoms with Gasteiger partial charge in [0.25, 0.3) is 0 Å². The van der Waals surface area contributed by atoms with Crippen molar-refractivity contribution in [2.24, 2.45) is 0 Å². The Morgan fingerprint density at radius 3 is 2.61 bits per heavy atom. The van der Waals surface area contributed by atoms with Crippen molar-refractivity contribution in [3.63, 3.8) is 0 Å². The van der Waals surface area contributed by atoms with Crippen molar-refractivity contribution in [2.45, 2.75) is 26.2 Å². The summed E-state index contributed by atoms with van der Waals surface area (Å²) in [7, 11) is -1.88. The second kappa shape index (κ2) is 7.51. The van der Waals surface area contributed by atoms with Gasteiger partial charge in [0.1, 0.15) is 5.75 Å². The molecule has 1 aromatic rings. The maximum atomic E-state index is 12.1.